The molecule has 0 saturated carbocycles. The van der Waals surface area contributed by atoms with E-state index >= 15 is 0 Å². The minimum absolute atomic E-state index is 0. The van der Waals surface area contributed by atoms with Crippen LogP contribution in [-0.2, 0) is 6.54 Å². The van der Waals surface area contributed by atoms with Gasteiger partial charge in [0, 0.05) is 43.9 Å². The van der Waals surface area contributed by atoms with Crippen molar-refractivity contribution in [3.8, 4) is 0 Å². The topological polar surface area (TPSA) is 26.0 Å². The predicted molar refractivity (Wildman–Crippen MR) is 34.3 cm³/mol. The van der Waals surface area contributed by atoms with Crippen LogP contribution in [0.4, 0.5) is 0 Å². The van der Waals surface area contributed by atoms with Crippen molar-refractivity contribution in [3.63, 3.8) is 0 Å². The van der Waals surface area contributed by atoms with Crippen LogP contribution in [0.5, 0.6) is 0 Å². The van der Waals surface area contributed by atoms with Gasteiger partial charge in [0.25, 0.3) is 0 Å². The van der Waals surface area contributed by atoms with Crippen molar-refractivity contribution in [2.75, 3.05) is 0 Å². The van der Waals surface area contributed by atoms with E-state index in [9.17, 15) is 0 Å². The summed E-state index contributed by atoms with van der Waals surface area (Å²) in [5, 5.41) is 0. The second-order valence-corrected chi connectivity index (χ2v) is 1.69. The maximum Gasteiger partial charge on any atom is 0.0178 e. The van der Waals surface area contributed by atoms with Crippen molar-refractivity contribution >= 4 is 0 Å². The molecule has 0 aliphatic rings. The average Bonchev–Trinajstić information content (AvgIpc) is 1.90. The first kappa shape index (κ1) is 9.43. The van der Waals surface area contributed by atoms with Crippen molar-refractivity contribution in [1.29, 1.82) is 0 Å². The molecular formula is C7H9ErN. The van der Waals surface area contributed by atoms with E-state index in [1.807, 2.05) is 30.3 Å². The molecule has 1 aromatic rings. The third kappa shape index (κ3) is 3.20. The van der Waals surface area contributed by atoms with E-state index in [-0.39, 0.29) is 37.3 Å². The summed E-state index contributed by atoms with van der Waals surface area (Å²) in [4.78, 5) is 0. The Hall–Kier alpha value is 0.427. The number of hydrogen-bond acceptors (Lipinski definition) is 1. The summed E-state index contributed by atoms with van der Waals surface area (Å²) in [5.74, 6) is 0. The summed E-state index contributed by atoms with van der Waals surface area (Å²) in [6.45, 7) is 0.640. The van der Waals surface area contributed by atoms with Crippen LogP contribution in [-0.4, -0.2) is 0 Å². The van der Waals surface area contributed by atoms with Gasteiger partial charge in [-0.25, -0.2) is 0 Å². The Morgan fingerprint density at radius 3 is 2.00 bits per heavy atom. The maximum atomic E-state index is 5.35. The van der Waals surface area contributed by atoms with E-state index in [1.54, 1.807) is 0 Å². The first-order valence-electron chi connectivity index (χ1n) is 2.67. The number of nitrogens with two attached hydrogens (primary N) is 1. The fourth-order valence-corrected chi connectivity index (χ4v) is 0.614. The molecule has 0 saturated heterocycles. The summed E-state index contributed by atoms with van der Waals surface area (Å²) in [6.07, 6.45) is 0. The molecule has 0 amide bonds. The van der Waals surface area contributed by atoms with Gasteiger partial charge in [-0.05, 0) is 5.56 Å². The van der Waals surface area contributed by atoms with Crippen molar-refractivity contribution in [1.82, 2.24) is 0 Å². The van der Waals surface area contributed by atoms with Gasteiger partial charge >= 0.3 is 0 Å². The summed E-state index contributed by atoms with van der Waals surface area (Å²) in [6, 6.07) is 9.99. The van der Waals surface area contributed by atoms with Crippen LogP contribution in [0.25, 0.3) is 0 Å². The third-order valence-electron chi connectivity index (χ3n) is 1.08. The number of rotatable bonds is 1. The van der Waals surface area contributed by atoms with Crippen LogP contribution in [0.2, 0.25) is 0 Å². The molecule has 0 aliphatic carbocycles. The van der Waals surface area contributed by atoms with Gasteiger partial charge in [-0.1, -0.05) is 30.3 Å². The zero-order valence-electron chi connectivity index (χ0n) is 4.96. The van der Waals surface area contributed by atoms with E-state index in [0.29, 0.717) is 6.54 Å². The first-order chi connectivity index (χ1) is 3.93. The third-order valence-corrected chi connectivity index (χ3v) is 1.08. The monoisotopic (exact) mass is 273 g/mol. The molecule has 9 heavy (non-hydrogen) atoms. The Labute approximate surface area is 84.8 Å². The molecule has 0 atom stereocenters. The first-order valence-corrected chi connectivity index (χ1v) is 2.67. The van der Waals surface area contributed by atoms with E-state index in [4.69, 9.17) is 5.73 Å². The molecule has 1 nitrogen and oxygen atoms in total. The van der Waals surface area contributed by atoms with Crippen LogP contribution in [0.3, 0.4) is 0 Å². The van der Waals surface area contributed by atoms with E-state index < -0.39 is 0 Å². The number of benzene rings is 1. The molecule has 1 rings (SSSR count). The van der Waals surface area contributed by atoms with Crippen molar-refractivity contribution < 1.29 is 37.3 Å². The van der Waals surface area contributed by atoms with Gasteiger partial charge < -0.3 is 5.73 Å². The van der Waals surface area contributed by atoms with Crippen molar-refractivity contribution in [3.05, 3.63) is 35.9 Å². The van der Waals surface area contributed by atoms with Crippen LogP contribution >= 0.6 is 0 Å². The smallest absolute Gasteiger partial charge is 0.0178 e. The summed E-state index contributed by atoms with van der Waals surface area (Å²) >= 11 is 0. The van der Waals surface area contributed by atoms with Gasteiger partial charge in [0.2, 0.25) is 0 Å². The second kappa shape index (κ2) is 5.23. The van der Waals surface area contributed by atoms with Crippen molar-refractivity contribution in [2.45, 2.75) is 6.54 Å². The molecule has 0 spiro atoms. The molecule has 1 aromatic carbocycles. The molecule has 0 unspecified atom stereocenters. The summed E-state index contributed by atoms with van der Waals surface area (Å²) < 4.78 is 0. The molecule has 0 bridgehead atoms. The van der Waals surface area contributed by atoms with Crippen LogP contribution in [0, 0.1) is 37.3 Å². The van der Waals surface area contributed by atoms with Gasteiger partial charge in [0.1, 0.15) is 0 Å². The fourth-order valence-electron chi connectivity index (χ4n) is 0.614. The zero-order valence-corrected chi connectivity index (χ0v) is 6.81. The molecular weight excluding hydrogens is 265 g/mol. The molecule has 0 radical (unpaired) electrons. The Kier molecular flexibility index (Phi) is 5.48. The Balaban J connectivity index is 0.000000640. The standard InChI is InChI=1S/C7H9N.Er/c8-6-7-4-2-1-3-5-7;/h1-5H,6,8H2;. The van der Waals surface area contributed by atoms with E-state index in [2.05, 4.69) is 0 Å². The average molecular weight is 274 g/mol. The van der Waals surface area contributed by atoms with Crippen molar-refractivity contribution in [2.24, 2.45) is 5.73 Å². The molecule has 0 heterocycles. The van der Waals surface area contributed by atoms with Gasteiger partial charge in [-0.15, -0.1) is 0 Å². The molecule has 0 fully saturated rings. The van der Waals surface area contributed by atoms with Crippen LogP contribution in [0.15, 0.2) is 30.3 Å². The van der Waals surface area contributed by atoms with Crippen LogP contribution in [0.1, 0.15) is 5.56 Å². The van der Waals surface area contributed by atoms with E-state index in [1.165, 1.54) is 5.56 Å². The molecule has 0 aliphatic heterocycles. The quantitative estimate of drug-likeness (QED) is 0.817. The molecule has 0 aromatic heterocycles. The normalized spacial score (nSPS) is 8.11. The van der Waals surface area contributed by atoms with Crippen LogP contribution < -0.4 is 5.73 Å². The minimum atomic E-state index is 0. The minimum Gasteiger partial charge on any atom is -0.326 e. The number of hydrogen-bond donors (Lipinski definition) is 1. The predicted octanol–water partition coefficient (Wildman–Crippen LogP) is 1.15. The molecule has 54 valence electrons. The second-order valence-electron chi connectivity index (χ2n) is 1.69. The SMILES string of the molecule is NCc1ccccc1.[Er]. The maximum absolute atomic E-state index is 5.35. The zero-order chi connectivity index (χ0) is 5.82. The summed E-state index contributed by atoms with van der Waals surface area (Å²) in [5.41, 5.74) is 6.54. The van der Waals surface area contributed by atoms with E-state index in [0.717, 1.165) is 0 Å². The van der Waals surface area contributed by atoms with Gasteiger partial charge in [-0.3, -0.25) is 0 Å². The van der Waals surface area contributed by atoms with Gasteiger partial charge in [-0.2, -0.15) is 0 Å². The Bertz CT molecular complexity index is 150. The molecule has 2 heteroatoms. The van der Waals surface area contributed by atoms with Gasteiger partial charge in [0.05, 0.1) is 0 Å². The van der Waals surface area contributed by atoms with Gasteiger partial charge in [0.15, 0.2) is 0 Å². The largest absolute Gasteiger partial charge is 0.326 e. The Morgan fingerprint density at radius 2 is 1.67 bits per heavy atom. The Morgan fingerprint density at radius 1 is 1.11 bits per heavy atom. The molecule has 2 N–H and O–H groups in total. The summed E-state index contributed by atoms with van der Waals surface area (Å²) in [7, 11) is 0. The fraction of sp³-hybridized carbons (Fsp3) is 0.143.